The fourth-order valence-electron chi connectivity index (χ4n) is 2.83. The van der Waals surface area contributed by atoms with Crippen LogP contribution in [0.5, 0.6) is 0 Å². The molecule has 0 unspecified atom stereocenters. The first-order chi connectivity index (χ1) is 12.0. The molecule has 5 heteroatoms. The van der Waals surface area contributed by atoms with Crippen molar-refractivity contribution in [3.8, 4) is 0 Å². The standard InChI is InChI=1S/C20H39NO3S/c1-4-5-6-7-8-9-10-11-12-13-14-15-19(22)21-18(20(23)24)16-17-25(2)3/h18H,4-17H2,1-3H3,(H-,21,22,23,24)/p+1/t18-/m1/s1. The van der Waals surface area contributed by atoms with Crippen LogP contribution in [0.1, 0.15) is 90.4 Å². The molecule has 0 saturated heterocycles. The van der Waals surface area contributed by atoms with Gasteiger partial charge in [-0.05, 0) is 17.3 Å². The van der Waals surface area contributed by atoms with Crippen molar-refractivity contribution in [3.63, 3.8) is 0 Å². The molecule has 1 amide bonds. The van der Waals surface area contributed by atoms with E-state index < -0.39 is 12.0 Å². The summed E-state index contributed by atoms with van der Waals surface area (Å²) in [4.78, 5) is 23.1. The number of amides is 1. The van der Waals surface area contributed by atoms with Crippen molar-refractivity contribution < 1.29 is 14.7 Å². The van der Waals surface area contributed by atoms with Gasteiger partial charge in [0, 0.05) is 12.8 Å². The fourth-order valence-corrected chi connectivity index (χ4v) is 3.53. The molecule has 1 atom stereocenters. The Morgan fingerprint density at radius 1 is 0.880 bits per heavy atom. The number of hydrogen-bond donors (Lipinski definition) is 2. The Morgan fingerprint density at radius 3 is 1.80 bits per heavy atom. The molecule has 2 N–H and O–H groups in total. The summed E-state index contributed by atoms with van der Waals surface area (Å²) >= 11 is 0. The highest BCUT2D eigenvalue weighted by molar-refractivity contribution is 7.95. The van der Waals surface area contributed by atoms with Crippen LogP contribution in [0.2, 0.25) is 0 Å². The minimum atomic E-state index is -0.919. The molecule has 148 valence electrons. The molecule has 0 aromatic carbocycles. The monoisotopic (exact) mass is 374 g/mol. The molecular weight excluding hydrogens is 334 g/mol. The smallest absolute Gasteiger partial charge is 0.326 e. The quantitative estimate of drug-likeness (QED) is 0.290. The summed E-state index contributed by atoms with van der Waals surface area (Å²) in [6, 6.07) is -0.727. The first kappa shape index (κ1) is 24.3. The third kappa shape index (κ3) is 16.5. The van der Waals surface area contributed by atoms with Gasteiger partial charge in [0.05, 0.1) is 12.5 Å². The summed E-state index contributed by atoms with van der Waals surface area (Å²) in [7, 11) is 0.204. The third-order valence-electron chi connectivity index (χ3n) is 4.46. The zero-order valence-electron chi connectivity index (χ0n) is 16.6. The van der Waals surface area contributed by atoms with Gasteiger partial charge in [-0.25, -0.2) is 4.79 Å². The van der Waals surface area contributed by atoms with Gasteiger partial charge in [0.15, 0.2) is 0 Å². The molecule has 0 fully saturated rings. The molecule has 0 heterocycles. The Hall–Kier alpha value is -0.710. The summed E-state index contributed by atoms with van der Waals surface area (Å²) < 4.78 is 0. The van der Waals surface area contributed by atoms with E-state index in [1.165, 1.54) is 57.8 Å². The van der Waals surface area contributed by atoms with Gasteiger partial charge in [-0.2, -0.15) is 0 Å². The second-order valence-electron chi connectivity index (χ2n) is 7.22. The normalized spacial score (nSPS) is 12.3. The number of carbonyl (C=O) groups is 2. The molecule has 0 saturated carbocycles. The van der Waals surface area contributed by atoms with Gasteiger partial charge in [-0.3, -0.25) is 4.79 Å². The lowest BCUT2D eigenvalue weighted by Crippen LogP contribution is -2.41. The van der Waals surface area contributed by atoms with Crippen molar-refractivity contribution in [1.82, 2.24) is 5.32 Å². The number of carboxylic acid groups (broad SMARTS) is 1. The molecule has 0 rings (SSSR count). The van der Waals surface area contributed by atoms with E-state index in [0.29, 0.717) is 12.8 Å². The minimum absolute atomic E-state index is 0.115. The summed E-state index contributed by atoms with van der Waals surface area (Å²) in [6.45, 7) is 2.24. The van der Waals surface area contributed by atoms with Crippen LogP contribution in [0.25, 0.3) is 0 Å². The van der Waals surface area contributed by atoms with Crippen molar-refractivity contribution in [2.24, 2.45) is 0 Å². The van der Waals surface area contributed by atoms with E-state index in [1.807, 2.05) is 0 Å². The van der Waals surface area contributed by atoms with Crippen LogP contribution >= 0.6 is 0 Å². The van der Waals surface area contributed by atoms with Crippen molar-refractivity contribution in [1.29, 1.82) is 0 Å². The van der Waals surface area contributed by atoms with E-state index in [0.717, 1.165) is 18.6 Å². The van der Waals surface area contributed by atoms with Crippen LogP contribution in [-0.4, -0.2) is 41.3 Å². The van der Waals surface area contributed by atoms with Gasteiger partial charge in [-0.1, -0.05) is 71.1 Å². The number of carbonyl (C=O) groups excluding carboxylic acids is 1. The third-order valence-corrected chi connectivity index (χ3v) is 5.51. The van der Waals surface area contributed by atoms with Crippen molar-refractivity contribution in [2.45, 2.75) is 96.4 Å². The predicted molar refractivity (Wildman–Crippen MR) is 109 cm³/mol. The van der Waals surface area contributed by atoms with E-state index in [9.17, 15) is 14.7 Å². The van der Waals surface area contributed by atoms with E-state index in [4.69, 9.17) is 0 Å². The zero-order chi connectivity index (χ0) is 18.9. The molecular formula is C20H40NO3S+. The van der Waals surface area contributed by atoms with Crippen molar-refractivity contribution in [3.05, 3.63) is 0 Å². The van der Waals surface area contributed by atoms with E-state index in [-0.39, 0.29) is 16.8 Å². The molecule has 0 aliphatic carbocycles. The van der Waals surface area contributed by atoms with Crippen LogP contribution in [0, 0.1) is 0 Å². The zero-order valence-corrected chi connectivity index (χ0v) is 17.5. The second kappa shape index (κ2) is 16.7. The van der Waals surface area contributed by atoms with Crippen LogP contribution < -0.4 is 5.32 Å². The van der Waals surface area contributed by atoms with Gasteiger partial charge in [0.2, 0.25) is 5.91 Å². The summed E-state index contributed by atoms with van der Waals surface area (Å²) in [6.07, 6.45) is 18.9. The molecule has 0 bridgehead atoms. The Bertz CT molecular complexity index is 348. The van der Waals surface area contributed by atoms with Gasteiger partial charge in [0.1, 0.15) is 11.8 Å². The second-order valence-corrected chi connectivity index (χ2v) is 9.60. The molecule has 0 aliphatic heterocycles. The topological polar surface area (TPSA) is 66.4 Å². The minimum Gasteiger partial charge on any atom is -0.480 e. The van der Waals surface area contributed by atoms with Crippen LogP contribution in [0.15, 0.2) is 0 Å². The maximum Gasteiger partial charge on any atom is 0.326 e. The molecule has 25 heavy (non-hydrogen) atoms. The number of unbranched alkanes of at least 4 members (excludes halogenated alkanes) is 10. The Labute approximate surface area is 157 Å². The maximum atomic E-state index is 11.9. The van der Waals surface area contributed by atoms with Gasteiger partial charge < -0.3 is 10.4 Å². The summed E-state index contributed by atoms with van der Waals surface area (Å²) in [5.74, 6) is -0.191. The van der Waals surface area contributed by atoms with Gasteiger partial charge in [-0.15, -0.1) is 0 Å². The number of rotatable bonds is 17. The lowest BCUT2D eigenvalue weighted by atomic mass is 10.1. The van der Waals surface area contributed by atoms with Crippen LogP contribution in [-0.2, 0) is 20.5 Å². The van der Waals surface area contributed by atoms with Crippen molar-refractivity contribution in [2.75, 3.05) is 18.3 Å². The lowest BCUT2D eigenvalue weighted by Gasteiger charge is -2.13. The number of carboxylic acids is 1. The number of hydrogen-bond acceptors (Lipinski definition) is 2. The summed E-state index contributed by atoms with van der Waals surface area (Å²) in [5.41, 5.74) is 0. The van der Waals surface area contributed by atoms with Gasteiger partial charge in [0.25, 0.3) is 0 Å². The molecule has 0 aromatic rings. The Balaban J connectivity index is 3.57. The maximum absolute atomic E-state index is 11.9. The fraction of sp³-hybridized carbons (Fsp3) is 0.900. The molecule has 0 aromatic heterocycles. The predicted octanol–water partition coefficient (Wildman–Crippen LogP) is 4.52. The summed E-state index contributed by atoms with van der Waals surface area (Å²) in [5, 5.41) is 11.9. The highest BCUT2D eigenvalue weighted by Crippen LogP contribution is 2.12. The Morgan fingerprint density at radius 2 is 1.36 bits per heavy atom. The SMILES string of the molecule is CCCCCCCCCCCCCC(=O)N[C@H](CC[S+](C)C)C(=O)O. The number of nitrogens with one attached hydrogen (secondary N) is 1. The van der Waals surface area contributed by atoms with Gasteiger partial charge >= 0.3 is 5.97 Å². The van der Waals surface area contributed by atoms with Crippen LogP contribution in [0.4, 0.5) is 0 Å². The molecule has 0 aliphatic rings. The molecule has 4 nitrogen and oxygen atoms in total. The highest BCUT2D eigenvalue weighted by Gasteiger charge is 2.21. The average molecular weight is 375 g/mol. The first-order valence-electron chi connectivity index (χ1n) is 10.0. The van der Waals surface area contributed by atoms with E-state index >= 15 is 0 Å². The van der Waals surface area contributed by atoms with E-state index in [1.54, 1.807) is 0 Å². The number of aliphatic carboxylic acids is 1. The Kier molecular flexibility index (Phi) is 16.3. The molecule has 0 radical (unpaired) electrons. The lowest BCUT2D eigenvalue weighted by molar-refractivity contribution is -0.141. The molecule has 0 spiro atoms. The largest absolute Gasteiger partial charge is 0.480 e. The average Bonchev–Trinajstić information content (AvgIpc) is 2.56. The first-order valence-corrected chi connectivity index (χ1v) is 12.2. The van der Waals surface area contributed by atoms with E-state index in [2.05, 4.69) is 24.8 Å². The van der Waals surface area contributed by atoms with Crippen molar-refractivity contribution >= 4 is 22.8 Å². The van der Waals surface area contributed by atoms with Crippen LogP contribution in [0.3, 0.4) is 0 Å². The highest BCUT2D eigenvalue weighted by atomic mass is 32.2.